The maximum absolute atomic E-state index is 10.6. The molecule has 0 saturated carbocycles. The van der Waals surface area contributed by atoms with Crippen molar-refractivity contribution in [2.24, 2.45) is 0 Å². The predicted octanol–water partition coefficient (Wildman–Crippen LogP) is 0.684. The van der Waals surface area contributed by atoms with Crippen molar-refractivity contribution < 1.29 is 17.7 Å². The Bertz CT molecular complexity index is 696. The highest BCUT2D eigenvalue weighted by Gasteiger charge is 2.10. The van der Waals surface area contributed by atoms with Crippen LogP contribution in [0.25, 0.3) is 10.9 Å². The van der Waals surface area contributed by atoms with Crippen LogP contribution in [-0.4, -0.2) is 23.8 Å². The lowest BCUT2D eigenvalue weighted by Gasteiger charge is -2.04. The third kappa shape index (κ3) is 3.02. The average Bonchev–Trinajstić information content (AvgIpc) is 2.26. The number of hydrogen-bond acceptors (Lipinski definition) is 4. The van der Waals surface area contributed by atoms with E-state index in [1.165, 1.54) is 4.68 Å². The van der Waals surface area contributed by atoms with Gasteiger partial charge in [-0.3, -0.25) is 0 Å². The number of benzene rings is 1. The molecule has 5 nitrogen and oxygen atoms in total. The first-order valence-corrected chi connectivity index (χ1v) is 7.14. The van der Waals surface area contributed by atoms with Gasteiger partial charge in [0.25, 0.3) is 0 Å². The summed E-state index contributed by atoms with van der Waals surface area (Å²) in [5.74, 6) is -0.443. The van der Waals surface area contributed by atoms with Crippen molar-refractivity contribution in [3.05, 3.63) is 35.5 Å². The van der Waals surface area contributed by atoms with E-state index in [9.17, 15) is 13.0 Å². The lowest BCUT2D eigenvalue weighted by atomic mass is 10.1. The van der Waals surface area contributed by atoms with E-state index in [2.05, 4.69) is 5.10 Å². The molecule has 2 aromatic rings. The Balaban J connectivity index is 2.40. The van der Waals surface area contributed by atoms with Gasteiger partial charge >= 0.3 is 0 Å². The summed E-state index contributed by atoms with van der Waals surface area (Å²) in [6, 6.07) is 5.87. The molecule has 1 heterocycles. The van der Waals surface area contributed by atoms with Crippen molar-refractivity contribution in [1.29, 1.82) is 0 Å². The van der Waals surface area contributed by atoms with Crippen molar-refractivity contribution in [3.8, 4) is 0 Å². The molecule has 1 aromatic heterocycles. The number of nitrogens with zero attached hydrogens (tertiary/aromatic N) is 2. The second kappa shape index (κ2) is 4.62. The minimum atomic E-state index is -4.21. The second-order valence-electron chi connectivity index (χ2n) is 4.36. The van der Waals surface area contributed by atoms with Gasteiger partial charge in [0.05, 0.1) is 5.75 Å². The zero-order chi connectivity index (χ0) is 13.3. The summed E-state index contributed by atoms with van der Waals surface area (Å²) in [7, 11) is -4.21. The topological polar surface area (TPSA) is 74.0 Å². The van der Waals surface area contributed by atoms with Gasteiger partial charge in [-0.25, -0.2) is 8.42 Å². The van der Waals surface area contributed by atoms with Crippen LogP contribution in [-0.2, 0) is 16.7 Å². The highest BCUT2D eigenvalue weighted by Crippen LogP contribution is 2.15. The molecule has 0 amide bonds. The van der Waals surface area contributed by atoms with Gasteiger partial charge in [0.15, 0.2) is 12.7 Å². The highest BCUT2D eigenvalue weighted by atomic mass is 32.2. The van der Waals surface area contributed by atoms with Gasteiger partial charge in [-0.2, -0.15) is 0 Å². The van der Waals surface area contributed by atoms with E-state index in [0.717, 1.165) is 22.0 Å². The van der Waals surface area contributed by atoms with Crippen LogP contribution in [0.4, 0.5) is 0 Å². The van der Waals surface area contributed by atoms with E-state index < -0.39 is 15.9 Å². The Kier molecular flexibility index (Phi) is 3.32. The first-order valence-electron chi connectivity index (χ1n) is 5.56. The van der Waals surface area contributed by atoms with Crippen molar-refractivity contribution in [2.75, 3.05) is 5.75 Å². The number of fused-ring (bicyclic) bond motifs is 1. The number of aromatic nitrogens is 2. The predicted molar refractivity (Wildman–Crippen MR) is 66.0 cm³/mol. The molecule has 0 bridgehead atoms. The smallest absolute Gasteiger partial charge is 0.199 e. The number of rotatable bonds is 3. The van der Waals surface area contributed by atoms with Crippen LogP contribution < -0.4 is 4.68 Å². The van der Waals surface area contributed by atoms with Crippen LogP contribution in [0.3, 0.4) is 0 Å². The summed E-state index contributed by atoms with van der Waals surface area (Å²) < 4.78 is 33.3. The molecule has 0 fully saturated rings. The molecule has 0 aliphatic rings. The van der Waals surface area contributed by atoms with Gasteiger partial charge in [0.2, 0.25) is 0 Å². The molecule has 0 atom stereocenters. The van der Waals surface area contributed by atoms with Crippen LogP contribution in [0.5, 0.6) is 0 Å². The van der Waals surface area contributed by atoms with Gasteiger partial charge < -0.3 is 4.55 Å². The third-order valence-electron chi connectivity index (χ3n) is 2.73. The minimum Gasteiger partial charge on any atom is -0.748 e. The van der Waals surface area contributed by atoms with Crippen LogP contribution in [0.1, 0.15) is 11.1 Å². The zero-order valence-corrected chi connectivity index (χ0v) is 11.1. The van der Waals surface area contributed by atoms with Crippen LogP contribution >= 0.6 is 0 Å². The molecule has 1 aromatic carbocycles. The van der Waals surface area contributed by atoms with Crippen molar-refractivity contribution in [2.45, 2.75) is 20.4 Å². The minimum absolute atomic E-state index is 0.0799. The fourth-order valence-corrected chi connectivity index (χ4v) is 2.24. The van der Waals surface area contributed by atoms with Gasteiger partial charge in [-0.05, 0) is 26.0 Å². The third-order valence-corrected chi connectivity index (χ3v) is 3.41. The Hall–Kier alpha value is -1.53. The van der Waals surface area contributed by atoms with Crippen molar-refractivity contribution >= 4 is 21.0 Å². The largest absolute Gasteiger partial charge is 0.748 e. The highest BCUT2D eigenvalue weighted by molar-refractivity contribution is 7.85. The van der Waals surface area contributed by atoms with E-state index in [1.807, 2.05) is 32.0 Å². The van der Waals surface area contributed by atoms with Crippen molar-refractivity contribution in [1.82, 2.24) is 5.10 Å². The van der Waals surface area contributed by atoms with E-state index in [-0.39, 0.29) is 6.54 Å². The summed E-state index contributed by atoms with van der Waals surface area (Å²) >= 11 is 0. The molecule has 0 unspecified atom stereocenters. The molecule has 0 aliphatic carbocycles. The Morgan fingerprint density at radius 2 is 2.06 bits per heavy atom. The van der Waals surface area contributed by atoms with Gasteiger partial charge in [-0.15, -0.1) is 0 Å². The Morgan fingerprint density at radius 3 is 2.72 bits per heavy atom. The zero-order valence-electron chi connectivity index (χ0n) is 10.3. The van der Waals surface area contributed by atoms with Gasteiger partial charge in [0, 0.05) is 16.0 Å². The molecule has 0 N–H and O–H groups in total. The average molecular weight is 266 g/mol. The summed E-state index contributed by atoms with van der Waals surface area (Å²) in [5, 5.41) is 5.33. The summed E-state index contributed by atoms with van der Waals surface area (Å²) in [5.41, 5.74) is 2.95. The van der Waals surface area contributed by atoms with Crippen LogP contribution in [0.2, 0.25) is 0 Å². The quantitative estimate of drug-likeness (QED) is 0.605. The Labute approximate surface area is 106 Å². The SMILES string of the molecule is Cc1ccc2n[n+](CCS(=O)(=O)[O-])cc(C)c2c1. The van der Waals surface area contributed by atoms with Gasteiger partial charge in [0.1, 0.15) is 15.6 Å². The van der Waals surface area contributed by atoms with E-state index in [1.54, 1.807) is 6.20 Å². The first-order chi connectivity index (χ1) is 8.35. The summed E-state index contributed by atoms with van der Waals surface area (Å²) in [4.78, 5) is 0. The normalized spacial score (nSPS) is 11.9. The molecule has 0 spiro atoms. The number of hydrogen-bond donors (Lipinski definition) is 0. The summed E-state index contributed by atoms with van der Waals surface area (Å²) in [6.45, 7) is 4.02. The number of aryl methyl sites for hydroxylation is 3. The molecule has 0 radical (unpaired) electrons. The van der Waals surface area contributed by atoms with Crippen LogP contribution in [0, 0.1) is 13.8 Å². The summed E-state index contributed by atoms with van der Waals surface area (Å²) in [6.07, 6.45) is 1.76. The van der Waals surface area contributed by atoms with E-state index >= 15 is 0 Å². The van der Waals surface area contributed by atoms with Crippen molar-refractivity contribution in [3.63, 3.8) is 0 Å². The lowest BCUT2D eigenvalue weighted by Crippen LogP contribution is -2.41. The molecule has 96 valence electrons. The Morgan fingerprint density at radius 1 is 1.33 bits per heavy atom. The monoisotopic (exact) mass is 266 g/mol. The fourth-order valence-electron chi connectivity index (χ4n) is 1.83. The molecule has 18 heavy (non-hydrogen) atoms. The molecule has 6 heteroatoms. The molecular weight excluding hydrogens is 252 g/mol. The lowest BCUT2D eigenvalue weighted by molar-refractivity contribution is -0.748. The molecule has 2 rings (SSSR count). The van der Waals surface area contributed by atoms with Gasteiger partial charge in [-0.1, -0.05) is 16.3 Å². The maximum atomic E-state index is 10.6. The fraction of sp³-hybridized carbons (Fsp3) is 0.333. The first kappa shape index (κ1) is 12.9. The maximum Gasteiger partial charge on any atom is 0.199 e. The standard InChI is InChI=1S/C12H14N2O3S/c1-9-3-4-12-11(7-9)10(2)8-14(13-12)5-6-18(15,16)17/h3-4,7-8H,5-6H2,1-2H3. The van der Waals surface area contributed by atoms with Crippen LogP contribution in [0.15, 0.2) is 24.4 Å². The van der Waals surface area contributed by atoms with E-state index in [0.29, 0.717) is 0 Å². The molecular formula is C12H14N2O3S. The van der Waals surface area contributed by atoms with E-state index in [4.69, 9.17) is 0 Å². The molecule has 0 aliphatic heterocycles. The second-order valence-corrected chi connectivity index (χ2v) is 5.88. The molecule has 0 saturated heterocycles.